The van der Waals surface area contributed by atoms with E-state index in [1.54, 1.807) is 0 Å². The van der Waals surface area contributed by atoms with Crippen LogP contribution in [0.3, 0.4) is 0 Å². The van der Waals surface area contributed by atoms with Gasteiger partial charge < -0.3 is 20.5 Å². The molecule has 0 amide bonds. The first-order valence-electron chi connectivity index (χ1n) is 6.38. The predicted molar refractivity (Wildman–Crippen MR) is 70.3 cm³/mol. The Kier molecular flexibility index (Phi) is 2.98. The van der Waals surface area contributed by atoms with Crippen molar-refractivity contribution in [3.63, 3.8) is 0 Å². The van der Waals surface area contributed by atoms with Gasteiger partial charge in [0, 0.05) is 0 Å². The van der Waals surface area contributed by atoms with Gasteiger partial charge in [-0.25, -0.2) is 19.5 Å². The Morgan fingerprint density at radius 3 is 3.05 bits per heavy atom. The van der Waals surface area contributed by atoms with Crippen molar-refractivity contribution in [3.8, 4) is 0 Å². The number of nitrogens with two attached hydrogens (primary N) is 1. The number of phosphoric acid groups is 1. The zero-order valence-electron chi connectivity index (χ0n) is 11.0. The summed E-state index contributed by atoms with van der Waals surface area (Å²) in [5.74, 6) is 0.202. The van der Waals surface area contributed by atoms with E-state index in [-0.39, 0.29) is 12.4 Å². The molecule has 5 atom stereocenters. The van der Waals surface area contributed by atoms with Crippen LogP contribution in [-0.2, 0) is 18.3 Å². The quantitative estimate of drug-likeness (QED) is 0.565. The molecule has 4 N–H and O–H groups in total. The van der Waals surface area contributed by atoms with E-state index in [9.17, 15) is 14.6 Å². The van der Waals surface area contributed by atoms with Gasteiger partial charge in [0.15, 0.2) is 17.7 Å². The van der Waals surface area contributed by atoms with Gasteiger partial charge in [0.05, 0.1) is 12.9 Å². The number of hydrogen-bond acceptors (Lipinski definition) is 9. The lowest BCUT2D eigenvalue weighted by Crippen LogP contribution is -2.39. The summed E-state index contributed by atoms with van der Waals surface area (Å²) < 4.78 is 28.2. The summed E-state index contributed by atoms with van der Waals surface area (Å²) in [5.41, 5.74) is 6.46. The number of imidazole rings is 1. The van der Waals surface area contributed by atoms with E-state index in [1.165, 1.54) is 17.2 Å². The Hall–Kier alpha value is -1.62. The van der Waals surface area contributed by atoms with Gasteiger partial charge in [0.2, 0.25) is 0 Å². The molecule has 0 radical (unpaired) electrons. The molecule has 2 saturated heterocycles. The molecule has 12 heteroatoms. The number of nitrogen functional groups attached to an aromatic ring is 1. The third-order valence-electron chi connectivity index (χ3n) is 3.63. The Labute approximate surface area is 123 Å². The molecule has 1 unspecified atom stereocenters. The van der Waals surface area contributed by atoms with Crippen LogP contribution < -0.4 is 5.73 Å². The molecule has 2 aliphatic rings. The first kappa shape index (κ1) is 14.0. The summed E-state index contributed by atoms with van der Waals surface area (Å²) in [5, 5.41) is 10.4. The van der Waals surface area contributed by atoms with E-state index in [0.717, 1.165) is 0 Å². The summed E-state index contributed by atoms with van der Waals surface area (Å²) in [6.07, 6.45) is -1.07. The van der Waals surface area contributed by atoms with Crippen LogP contribution >= 0.6 is 7.82 Å². The molecule has 11 nitrogen and oxygen atoms in total. The summed E-state index contributed by atoms with van der Waals surface area (Å²) in [7, 11) is -4.16. The Bertz CT molecular complexity index is 782. The molecule has 0 bridgehead atoms. The third-order valence-corrected chi connectivity index (χ3v) is 4.61. The van der Waals surface area contributed by atoms with Gasteiger partial charge in [0.1, 0.15) is 30.2 Å². The summed E-state index contributed by atoms with van der Waals surface area (Å²) in [4.78, 5) is 21.3. The summed E-state index contributed by atoms with van der Waals surface area (Å²) in [6, 6.07) is 0. The number of fused-ring (bicyclic) bond motifs is 2. The third kappa shape index (κ3) is 2.02. The van der Waals surface area contributed by atoms with Crippen molar-refractivity contribution in [2.45, 2.75) is 24.5 Å². The number of ether oxygens (including phenoxy) is 1. The number of phosphoric ester groups is 1. The minimum Gasteiger partial charge on any atom is -0.386 e. The van der Waals surface area contributed by atoms with Gasteiger partial charge in [-0.05, 0) is 0 Å². The number of aromatic nitrogens is 4. The van der Waals surface area contributed by atoms with Crippen LogP contribution in [0.15, 0.2) is 12.7 Å². The molecule has 2 aromatic heterocycles. The first-order chi connectivity index (χ1) is 10.5. The van der Waals surface area contributed by atoms with E-state index in [2.05, 4.69) is 19.5 Å². The van der Waals surface area contributed by atoms with Crippen LogP contribution in [0, 0.1) is 0 Å². The predicted octanol–water partition coefficient (Wildman–Crippen LogP) is -0.817. The second-order valence-corrected chi connectivity index (χ2v) is 6.38. The maximum atomic E-state index is 11.5. The Morgan fingerprint density at radius 1 is 1.41 bits per heavy atom. The van der Waals surface area contributed by atoms with Crippen molar-refractivity contribution in [1.82, 2.24) is 19.5 Å². The zero-order valence-corrected chi connectivity index (χ0v) is 11.9. The van der Waals surface area contributed by atoms with Crippen LogP contribution in [0.1, 0.15) is 6.23 Å². The lowest BCUT2D eigenvalue weighted by Gasteiger charge is -2.27. The molecule has 0 aliphatic carbocycles. The van der Waals surface area contributed by atoms with Crippen LogP contribution in [0.5, 0.6) is 0 Å². The molecule has 2 aliphatic heterocycles. The Morgan fingerprint density at radius 2 is 2.23 bits per heavy atom. The number of aliphatic hydroxyl groups excluding tert-OH is 1. The lowest BCUT2D eigenvalue weighted by atomic mass is 10.1. The average Bonchev–Trinajstić information content (AvgIpc) is 3.01. The molecule has 118 valence electrons. The van der Waals surface area contributed by atoms with Crippen molar-refractivity contribution >= 4 is 24.8 Å². The highest BCUT2D eigenvalue weighted by atomic mass is 31.2. The van der Waals surface area contributed by atoms with E-state index < -0.39 is 32.4 Å². The smallest absolute Gasteiger partial charge is 0.386 e. The van der Waals surface area contributed by atoms with Crippen molar-refractivity contribution in [2.75, 3.05) is 12.3 Å². The van der Waals surface area contributed by atoms with Gasteiger partial charge in [-0.2, -0.15) is 0 Å². The fourth-order valence-corrected chi connectivity index (χ4v) is 3.59. The minimum atomic E-state index is -4.16. The molecule has 22 heavy (non-hydrogen) atoms. The second-order valence-electron chi connectivity index (χ2n) is 4.97. The summed E-state index contributed by atoms with van der Waals surface area (Å²) in [6.45, 7) is -0.157. The van der Waals surface area contributed by atoms with Crippen LogP contribution in [0.25, 0.3) is 11.2 Å². The average molecular weight is 329 g/mol. The highest BCUT2D eigenvalue weighted by Gasteiger charge is 2.52. The highest BCUT2D eigenvalue weighted by molar-refractivity contribution is 7.47. The normalized spacial score (nSPS) is 38.3. The molecular weight excluding hydrogens is 317 g/mol. The standard InChI is InChI=1S/C10H12N5O6P/c11-8-5-9(13-2-12-8)15(3-14-5)10-6(16)7-4(20-10)1-19-22(17,18)21-7/h2-4,6-7,10,16H,1H2,(H,17,18)(H2,11,12,13)/t4-,6+,7-,10-/m1/s1. The first-order valence-corrected chi connectivity index (χ1v) is 7.88. The van der Waals surface area contributed by atoms with Crippen LogP contribution in [-0.4, -0.2) is 54.4 Å². The van der Waals surface area contributed by atoms with E-state index in [1.807, 2.05) is 0 Å². The zero-order chi connectivity index (χ0) is 15.5. The van der Waals surface area contributed by atoms with Crippen molar-refractivity contribution in [2.24, 2.45) is 0 Å². The molecule has 0 saturated carbocycles. The largest absolute Gasteiger partial charge is 0.472 e. The van der Waals surface area contributed by atoms with E-state index in [4.69, 9.17) is 15.0 Å². The van der Waals surface area contributed by atoms with Crippen molar-refractivity contribution < 1.29 is 28.3 Å². The topological polar surface area (TPSA) is 155 Å². The molecule has 0 spiro atoms. The van der Waals surface area contributed by atoms with Crippen LogP contribution in [0.2, 0.25) is 0 Å². The maximum Gasteiger partial charge on any atom is 0.472 e. The molecule has 4 rings (SSSR count). The fourth-order valence-electron chi connectivity index (χ4n) is 2.62. The number of hydrogen-bond donors (Lipinski definition) is 3. The fraction of sp³-hybridized carbons (Fsp3) is 0.500. The number of nitrogens with zero attached hydrogens (tertiary/aromatic N) is 4. The minimum absolute atomic E-state index is 0.157. The number of anilines is 1. The van der Waals surface area contributed by atoms with Gasteiger partial charge in [0.25, 0.3) is 0 Å². The van der Waals surface area contributed by atoms with Gasteiger partial charge in [-0.1, -0.05) is 0 Å². The van der Waals surface area contributed by atoms with Gasteiger partial charge >= 0.3 is 7.82 Å². The lowest BCUT2D eigenvalue weighted by molar-refractivity contribution is -0.0664. The number of aliphatic hydroxyl groups is 1. The van der Waals surface area contributed by atoms with Crippen molar-refractivity contribution in [1.29, 1.82) is 0 Å². The van der Waals surface area contributed by atoms with E-state index >= 15 is 0 Å². The molecular formula is C10H12N5O6P. The molecule has 4 heterocycles. The van der Waals surface area contributed by atoms with Crippen LogP contribution in [0.4, 0.5) is 5.82 Å². The highest BCUT2D eigenvalue weighted by Crippen LogP contribution is 2.52. The van der Waals surface area contributed by atoms with Gasteiger partial charge in [-0.15, -0.1) is 0 Å². The second kappa shape index (κ2) is 4.69. The molecule has 2 aromatic rings. The monoisotopic (exact) mass is 329 g/mol. The Balaban J connectivity index is 1.71. The maximum absolute atomic E-state index is 11.5. The van der Waals surface area contributed by atoms with E-state index in [0.29, 0.717) is 11.2 Å². The van der Waals surface area contributed by atoms with Crippen molar-refractivity contribution in [3.05, 3.63) is 12.7 Å². The molecule has 0 aromatic carbocycles. The summed E-state index contributed by atoms with van der Waals surface area (Å²) >= 11 is 0. The SMILES string of the molecule is Nc1ncnc2c1ncn2[C@@H]1O[C@@H]2COP(=O)(O)O[C@H]2[C@@H]1O. The van der Waals surface area contributed by atoms with Gasteiger partial charge in [-0.3, -0.25) is 13.6 Å². The number of rotatable bonds is 1. The molecule has 2 fully saturated rings.